The van der Waals surface area contributed by atoms with Crippen LogP contribution in [0.5, 0.6) is 0 Å². The van der Waals surface area contributed by atoms with Crippen LogP contribution in [-0.2, 0) is 14.3 Å². The van der Waals surface area contributed by atoms with Crippen LogP contribution in [0.15, 0.2) is 60.7 Å². The highest BCUT2D eigenvalue weighted by Gasteiger charge is 2.27. The fourth-order valence-corrected chi connectivity index (χ4v) is 3.26. The standard InChI is InChI=1S/C21H23NO4/c23-19(22-13-11-18(12-14-22)21(24)25)15-26-20(16-7-3-1-4-8-16)17-9-5-2-6-10-17/h1-10,18,20H,11-15H2,(H,24,25). The van der Waals surface area contributed by atoms with Crippen LogP contribution in [0.2, 0.25) is 0 Å². The van der Waals surface area contributed by atoms with Crippen molar-refractivity contribution in [2.45, 2.75) is 18.9 Å². The van der Waals surface area contributed by atoms with Crippen molar-refractivity contribution < 1.29 is 19.4 Å². The zero-order valence-electron chi connectivity index (χ0n) is 14.6. The number of aliphatic carboxylic acids is 1. The molecule has 26 heavy (non-hydrogen) atoms. The third-order valence-electron chi connectivity index (χ3n) is 4.78. The lowest BCUT2D eigenvalue weighted by molar-refractivity contribution is -0.147. The fraction of sp³-hybridized carbons (Fsp3) is 0.333. The lowest BCUT2D eigenvalue weighted by atomic mass is 9.97. The number of hydrogen-bond donors (Lipinski definition) is 1. The second-order valence-corrected chi connectivity index (χ2v) is 6.51. The van der Waals surface area contributed by atoms with Crippen molar-refractivity contribution in [1.29, 1.82) is 0 Å². The number of carbonyl (C=O) groups excluding carboxylic acids is 1. The van der Waals surface area contributed by atoms with Gasteiger partial charge in [-0.15, -0.1) is 0 Å². The third kappa shape index (κ3) is 4.49. The van der Waals surface area contributed by atoms with Crippen molar-refractivity contribution in [3.8, 4) is 0 Å². The molecule has 2 aromatic rings. The van der Waals surface area contributed by atoms with E-state index in [2.05, 4.69) is 0 Å². The van der Waals surface area contributed by atoms with Crippen molar-refractivity contribution in [2.75, 3.05) is 19.7 Å². The van der Waals surface area contributed by atoms with Gasteiger partial charge in [-0.3, -0.25) is 9.59 Å². The summed E-state index contributed by atoms with van der Waals surface area (Å²) in [6, 6.07) is 19.6. The van der Waals surface area contributed by atoms with Crippen LogP contribution in [-0.4, -0.2) is 41.6 Å². The minimum Gasteiger partial charge on any atom is -0.481 e. The monoisotopic (exact) mass is 353 g/mol. The molecule has 1 aliphatic heterocycles. The Morgan fingerprint density at radius 2 is 1.46 bits per heavy atom. The Balaban J connectivity index is 1.63. The van der Waals surface area contributed by atoms with Crippen LogP contribution in [0, 0.1) is 5.92 Å². The van der Waals surface area contributed by atoms with Crippen LogP contribution in [0.4, 0.5) is 0 Å². The van der Waals surface area contributed by atoms with Crippen molar-refractivity contribution in [3.63, 3.8) is 0 Å². The lowest BCUT2D eigenvalue weighted by Crippen LogP contribution is -2.42. The maximum atomic E-state index is 12.5. The van der Waals surface area contributed by atoms with E-state index < -0.39 is 5.97 Å². The fourth-order valence-electron chi connectivity index (χ4n) is 3.26. The van der Waals surface area contributed by atoms with Crippen LogP contribution in [0.3, 0.4) is 0 Å². The first-order valence-electron chi connectivity index (χ1n) is 8.87. The third-order valence-corrected chi connectivity index (χ3v) is 4.78. The number of ether oxygens (including phenoxy) is 1. The molecule has 0 aliphatic carbocycles. The smallest absolute Gasteiger partial charge is 0.306 e. The van der Waals surface area contributed by atoms with E-state index in [1.54, 1.807) is 4.90 Å². The second-order valence-electron chi connectivity index (χ2n) is 6.51. The highest BCUT2D eigenvalue weighted by molar-refractivity contribution is 5.78. The molecule has 1 aliphatic rings. The van der Waals surface area contributed by atoms with Gasteiger partial charge in [0.2, 0.25) is 5.91 Å². The van der Waals surface area contributed by atoms with Gasteiger partial charge in [-0.25, -0.2) is 0 Å². The zero-order valence-corrected chi connectivity index (χ0v) is 14.6. The van der Waals surface area contributed by atoms with Gasteiger partial charge in [0.1, 0.15) is 12.7 Å². The SMILES string of the molecule is O=C(O)C1CCN(C(=O)COC(c2ccccc2)c2ccccc2)CC1. The van der Waals surface area contributed by atoms with Gasteiger partial charge in [0.05, 0.1) is 5.92 Å². The van der Waals surface area contributed by atoms with Crippen molar-refractivity contribution in [3.05, 3.63) is 71.8 Å². The van der Waals surface area contributed by atoms with Gasteiger partial charge in [-0.2, -0.15) is 0 Å². The average molecular weight is 353 g/mol. The van der Waals surface area contributed by atoms with E-state index in [-0.39, 0.29) is 24.5 Å². The Hall–Kier alpha value is -2.66. The molecule has 1 fully saturated rings. The second kappa shape index (κ2) is 8.63. The largest absolute Gasteiger partial charge is 0.481 e. The maximum Gasteiger partial charge on any atom is 0.306 e. The number of hydrogen-bond acceptors (Lipinski definition) is 3. The molecule has 5 nitrogen and oxygen atoms in total. The Labute approximate surface area is 153 Å². The van der Waals surface area contributed by atoms with Gasteiger partial charge in [-0.1, -0.05) is 60.7 Å². The summed E-state index contributed by atoms with van der Waals surface area (Å²) >= 11 is 0. The molecule has 0 unspecified atom stereocenters. The topological polar surface area (TPSA) is 66.8 Å². The number of rotatable bonds is 6. The van der Waals surface area contributed by atoms with Gasteiger partial charge >= 0.3 is 5.97 Å². The lowest BCUT2D eigenvalue weighted by Gasteiger charge is -2.30. The molecule has 1 N–H and O–H groups in total. The Kier molecular flexibility index (Phi) is 6.02. The number of carboxylic acid groups (broad SMARTS) is 1. The molecule has 3 rings (SSSR count). The van der Waals surface area contributed by atoms with Crippen LogP contribution in [0.25, 0.3) is 0 Å². The molecule has 136 valence electrons. The molecule has 1 amide bonds. The molecule has 5 heteroatoms. The van der Waals surface area contributed by atoms with Gasteiger partial charge in [0, 0.05) is 13.1 Å². The molecule has 2 aromatic carbocycles. The summed E-state index contributed by atoms with van der Waals surface area (Å²) in [7, 11) is 0. The molecule has 1 heterocycles. The minimum atomic E-state index is -0.776. The van der Waals surface area contributed by atoms with Crippen LogP contribution in [0.1, 0.15) is 30.1 Å². The first-order chi connectivity index (χ1) is 12.6. The Morgan fingerprint density at radius 3 is 1.92 bits per heavy atom. The van der Waals surface area contributed by atoms with Gasteiger partial charge in [0.15, 0.2) is 0 Å². The highest BCUT2D eigenvalue weighted by atomic mass is 16.5. The molecule has 0 saturated carbocycles. The molecular formula is C21H23NO4. The van der Waals surface area contributed by atoms with Crippen LogP contribution < -0.4 is 0 Å². The first kappa shape index (κ1) is 18.1. The van der Waals surface area contributed by atoms with E-state index in [1.165, 1.54) is 0 Å². The molecule has 0 radical (unpaired) electrons. The summed E-state index contributed by atoms with van der Waals surface area (Å²) in [5.74, 6) is -1.21. The van der Waals surface area contributed by atoms with Gasteiger partial charge in [-0.05, 0) is 24.0 Å². The Morgan fingerprint density at radius 1 is 0.962 bits per heavy atom. The maximum absolute atomic E-state index is 12.5. The molecule has 0 aromatic heterocycles. The van der Waals surface area contributed by atoms with E-state index in [9.17, 15) is 9.59 Å². The highest BCUT2D eigenvalue weighted by Crippen LogP contribution is 2.26. The zero-order chi connectivity index (χ0) is 18.4. The molecule has 0 bridgehead atoms. The number of carbonyl (C=O) groups is 2. The van der Waals surface area contributed by atoms with Crippen molar-refractivity contribution >= 4 is 11.9 Å². The number of likely N-dealkylation sites (tertiary alicyclic amines) is 1. The number of nitrogens with zero attached hydrogens (tertiary/aromatic N) is 1. The van der Waals surface area contributed by atoms with E-state index in [0.717, 1.165) is 11.1 Å². The summed E-state index contributed by atoms with van der Waals surface area (Å²) in [6.45, 7) is 0.924. The minimum absolute atomic E-state index is 0.0216. The summed E-state index contributed by atoms with van der Waals surface area (Å²) in [5.41, 5.74) is 1.99. The van der Waals surface area contributed by atoms with E-state index in [4.69, 9.17) is 9.84 Å². The molecular weight excluding hydrogens is 330 g/mol. The molecule has 0 spiro atoms. The summed E-state index contributed by atoms with van der Waals surface area (Å²) in [5, 5.41) is 9.06. The predicted octanol–water partition coefficient (Wildman–Crippen LogP) is 3.12. The first-order valence-corrected chi connectivity index (χ1v) is 8.87. The summed E-state index contributed by atoms with van der Waals surface area (Å²) in [4.78, 5) is 25.2. The van der Waals surface area contributed by atoms with Crippen molar-refractivity contribution in [2.24, 2.45) is 5.92 Å². The van der Waals surface area contributed by atoms with Crippen LogP contribution >= 0.6 is 0 Å². The predicted molar refractivity (Wildman–Crippen MR) is 97.6 cm³/mol. The number of benzene rings is 2. The number of carboxylic acids is 1. The summed E-state index contributed by atoms with van der Waals surface area (Å²) in [6.07, 6.45) is 0.696. The number of amides is 1. The number of piperidine rings is 1. The molecule has 0 atom stereocenters. The Bertz CT molecular complexity index is 685. The normalized spacial score (nSPS) is 15.2. The van der Waals surface area contributed by atoms with Crippen molar-refractivity contribution in [1.82, 2.24) is 4.90 Å². The average Bonchev–Trinajstić information content (AvgIpc) is 2.69. The van der Waals surface area contributed by atoms with E-state index in [1.807, 2.05) is 60.7 Å². The molecule has 1 saturated heterocycles. The van der Waals surface area contributed by atoms with Gasteiger partial charge in [0.25, 0.3) is 0 Å². The van der Waals surface area contributed by atoms with E-state index >= 15 is 0 Å². The quantitative estimate of drug-likeness (QED) is 0.866. The summed E-state index contributed by atoms with van der Waals surface area (Å²) < 4.78 is 6.00. The van der Waals surface area contributed by atoms with E-state index in [0.29, 0.717) is 25.9 Å². The van der Waals surface area contributed by atoms with Gasteiger partial charge < -0.3 is 14.7 Å².